The molecule has 1 aliphatic heterocycles. The zero-order chi connectivity index (χ0) is 18.9. The van der Waals surface area contributed by atoms with Crippen LogP contribution in [0.3, 0.4) is 0 Å². The maximum Gasteiger partial charge on any atom is 0.414 e. The van der Waals surface area contributed by atoms with Crippen LogP contribution in [0, 0.1) is 0 Å². The van der Waals surface area contributed by atoms with Gasteiger partial charge in [0.05, 0.1) is 0 Å². The van der Waals surface area contributed by atoms with Crippen molar-refractivity contribution in [3.8, 4) is 0 Å². The Kier molecular flexibility index (Phi) is 8.41. The third-order valence-electron chi connectivity index (χ3n) is 5.00. The molecule has 0 aromatic heterocycles. The lowest BCUT2D eigenvalue weighted by molar-refractivity contribution is -0.159. The number of thioether (sulfide) groups is 1. The van der Waals surface area contributed by atoms with Crippen molar-refractivity contribution in [1.29, 1.82) is 0 Å². The van der Waals surface area contributed by atoms with E-state index in [2.05, 4.69) is 40.3 Å². The molecule has 2 aliphatic rings. The molecule has 7 heteroatoms. The van der Waals surface area contributed by atoms with E-state index >= 15 is 0 Å². The number of carboxylic acid groups (broad SMARTS) is 2. The number of rotatable bonds is 4. The number of piperazine rings is 1. The SMILES string of the molecule is CSc1ccc(CN2CCN(C3CCCC3)CC2)cc1.O=C(O)C(=O)O. The summed E-state index contributed by atoms with van der Waals surface area (Å²) in [6.45, 7) is 6.13. The van der Waals surface area contributed by atoms with Gasteiger partial charge in [-0.2, -0.15) is 0 Å². The lowest BCUT2D eigenvalue weighted by Crippen LogP contribution is -2.49. The molecule has 1 aliphatic carbocycles. The quantitative estimate of drug-likeness (QED) is 0.614. The number of benzene rings is 1. The summed E-state index contributed by atoms with van der Waals surface area (Å²) in [6.07, 6.45) is 7.92. The van der Waals surface area contributed by atoms with Crippen molar-refractivity contribution in [2.24, 2.45) is 0 Å². The molecular formula is C19H28N2O4S. The fraction of sp³-hybridized carbons (Fsp3) is 0.579. The second kappa shape index (κ2) is 10.5. The topological polar surface area (TPSA) is 81.1 Å². The van der Waals surface area contributed by atoms with Crippen molar-refractivity contribution in [3.63, 3.8) is 0 Å². The Morgan fingerprint density at radius 2 is 1.54 bits per heavy atom. The average Bonchev–Trinajstić information content (AvgIpc) is 3.18. The van der Waals surface area contributed by atoms with E-state index in [1.807, 2.05) is 11.8 Å². The molecule has 2 fully saturated rings. The van der Waals surface area contributed by atoms with E-state index in [-0.39, 0.29) is 0 Å². The Balaban J connectivity index is 0.000000352. The molecule has 3 rings (SSSR count). The molecule has 0 atom stereocenters. The fourth-order valence-corrected chi connectivity index (χ4v) is 3.95. The lowest BCUT2D eigenvalue weighted by atomic mass is 10.1. The lowest BCUT2D eigenvalue weighted by Gasteiger charge is -2.38. The monoisotopic (exact) mass is 380 g/mol. The molecule has 1 aromatic rings. The normalized spacial score (nSPS) is 19.0. The number of carbonyl (C=O) groups is 2. The highest BCUT2D eigenvalue weighted by atomic mass is 32.2. The molecule has 1 saturated carbocycles. The summed E-state index contributed by atoms with van der Waals surface area (Å²) in [5, 5.41) is 14.8. The molecule has 1 heterocycles. The highest BCUT2D eigenvalue weighted by molar-refractivity contribution is 7.98. The number of hydrogen-bond donors (Lipinski definition) is 2. The van der Waals surface area contributed by atoms with Crippen LogP contribution in [-0.2, 0) is 16.1 Å². The van der Waals surface area contributed by atoms with Gasteiger partial charge in [0.25, 0.3) is 0 Å². The van der Waals surface area contributed by atoms with Crippen molar-refractivity contribution in [3.05, 3.63) is 29.8 Å². The van der Waals surface area contributed by atoms with Crippen molar-refractivity contribution in [2.45, 2.75) is 43.2 Å². The Morgan fingerprint density at radius 1 is 1.00 bits per heavy atom. The molecule has 0 bridgehead atoms. The van der Waals surface area contributed by atoms with Crippen molar-refractivity contribution in [1.82, 2.24) is 9.80 Å². The second-order valence-corrected chi connectivity index (χ2v) is 7.59. The van der Waals surface area contributed by atoms with E-state index in [0.717, 1.165) is 12.6 Å². The van der Waals surface area contributed by atoms with Gasteiger partial charge < -0.3 is 10.2 Å². The predicted octanol–water partition coefficient (Wildman–Crippen LogP) is 2.62. The summed E-state index contributed by atoms with van der Waals surface area (Å²) in [6, 6.07) is 9.96. The largest absolute Gasteiger partial charge is 0.473 e. The molecule has 0 spiro atoms. The molecule has 2 N–H and O–H groups in total. The number of hydrogen-bond acceptors (Lipinski definition) is 5. The first kappa shape index (κ1) is 20.7. The van der Waals surface area contributed by atoms with Crippen molar-refractivity contribution < 1.29 is 19.8 Å². The fourth-order valence-electron chi connectivity index (χ4n) is 3.55. The van der Waals surface area contributed by atoms with E-state index < -0.39 is 11.9 Å². The summed E-state index contributed by atoms with van der Waals surface area (Å²) < 4.78 is 0. The Morgan fingerprint density at radius 3 is 2.00 bits per heavy atom. The number of carboxylic acids is 2. The predicted molar refractivity (Wildman–Crippen MR) is 103 cm³/mol. The minimum Gasteiger partial charge on any atom is -0.473 e. The zero-order valence-electron chi connectivity index (χ0n) is 15.3. The van der Waals surface area contributed by atoms with Crippen LogP contribution in [0.5, 0.6) is 0 Å². The molecule has 0 unspecified atom stereocenters. The number of nitrogens with zero attached hydrogens (tertiary/aromatic N) is 2. The van der Waals surface area contributed by atoms with Gasteiger partial charge in [0.2, 0.25) is 0 Å². The summed E-state index contributed by atoms with van der Waals surface area (Å²) in [4.78, 5) is 24.9. The van der Waals surface area contributed by atoms with E-state index in [1.165, 1.54) is 62.3 Å². The van der Waals surface area contributed by atoms with Gasteiger partial charge in [-0.1, -0.05) is 25.0 Å². The highest BCUT2D eigenvalue weighted by Crippen LogP contribution is 2.24. The van der Waals surface area contributed by atoms with Gasteiger partial charge in [-0.15, -0.1) is 11.8 Å². The molecule has 0 amide bonds. The van der Waals surface area contributed by atoms with E-state index in [9.17, 15) is 0 Å². The number of aliphatic carboxylic acids is 2. The van der Waals surface area contributed by atoms with Gasteiger partial charge in [-0.25, -0.2) is 9.59 Å². The van der Waals surface area contributed by atoms with E-state index in [1.54, 1.807) is 0 Å². The highest BCUT2D eigenvalue weighted by Gasteiger charge is 2.25. The standard InChI is InChI=1S/C17H26N2S.C2H2O4/c1-20-17-8-6-15(7-9-17)14-18-10-12-19(13-11-18)16-4-2-3-5-16;3-1(4)2(5)6/h6-9,16H,2-5,10-14H2,1H3;(H,3,4)(H,5,6). The van der Waals surface area contributed by atoms with E-state index in [0.29, 0.717) is 0 Å². The summed E-state index contributed by atoms with van der Waals surface area (Å²) >= 11 is 1.82. The first-order valence-corrected chi connectivity index (χ1v) is 10.3. The van der Waals surface area contributed by atoms with Crippen LogP contribution in [0.25, 0.3) is 0 Å². The molecule has 26 heavy (non-hydrogen) atoms. The minimum atomic E-state index is -1.82. The molecule has 6 nitrogen and oxygen atoms in total. The van der Waals surface area contributed by atoms with Crippen molar-refractivity contribution >= 4 is 23.7 Å². The van der Waals surface area contributed by atoms with Crippen LogP contribution >= 0.6 is 11.8 Å². The second-order valence-electron chi connectivity index (χ2n) is 6.71. The molecule has 144 valence electrons. The molecular weight excluding hydrogens is 352 g/mol. The van der Waals surface area contributed by atoms with Crippen LogP contribution in [0.1, 0.15) is 31.2 Å². The molecule has 1 saturated heterocycles. The van der Waals surface area contributed by atoms with E-state index in [4.69, 9.17) is 19.8 Å². The molecule has 0 radical (unpaired) electrons. The van der Waals surface area contributed by atoms with Crippen LogP contribution in [0.15, 0.2) is 29.2 Å². The van der Waals surface area contributed by atoms with Crippen LogP contribution < -0.4 is 0 Å². The summed E-state index contributed by atoms with van der Waals surface area (Å²) in [5.41, 5.74) is 1.46. The molecule has 1 aromatic carbocycles. The maximum absolute atomic E-state index is 9.10. The first-order valence-electron chi connectivity index (χ1n) is 9.05. The minimum absolute atomic E-state index is 0.901. The van der Waals surface area contributed by atoms with Crippen LogP contribution in [0.2, 0.25) is 0 Å². The third kappa shape index (κ3) is 6.63. The van der Waals surface area contributed by atoms with Gasteiger partial charge in [0, 0.05) is 43.7 Å². The average molecular weight is 381 g/mol. The van der Waals surface area contributed by atoms with Gasteiger partial charge in [0.1, 0.15) is 0 Å². The Bertz CT molecular complexity index is 568. The van der Waals surface area contributed by atoms with Crippen LogP contribution in [-0.4, -0.2) is 70.4 Å². The van der Waals surface area contributed by atoms with Crippen molar-refractivity contribution in [2.75, 3.05) is 32.4 Å². The van der Waals surface area contributed by atoms with Crippen LogP contribution in [0.4, 0.5) is 0 Å². The smallest absolute Gasteiger partial charge is 0.414 e. The summed E-state index contributed by atoms with van der Waals surface area (Å²) in [7, 11) is 0. The maximum atomic E-state index is 9.10. The Hall–Kier alpha value is -1.57. The van der Waals surface area contributed by atoms with Gasteiger partial charge in [0.15, 0.2) is 0 Å². The van der Waals surface area contributed by atoms with Gasteiger partial charge >= 0.3 is 11.9 Å². The summed E-state index contributed by atoms with van der Waals surface area (Å²) in [5.74, 6) is -3.65. The first-order chi connectivity index (χ1) is 12.5. The van der Waals surface area contributed by atoms with Gasteiger partial charge in [-0.3, -0.25) is 9.80 Å². The Labute approximate surface area is 159 Å². The van der Waals surface area contributed by atoms with Gasteiger partial charge in [-0.05, 0) is 36.8 Å². The third-order valence-corrected chi connectivity index (χ3v) is 5.74. The zero-order valence-corrected chi connectivity index (χ0v) is 16.1.